The molecular formula is C81H105N23O21S. The monoisotopic (exact) mass is 1770 g/mol. The van der Waals surface area contributed by atoms with E-state index in [1.807, 2.05) is 0 Å². The Kier molecular flexibility index (Phi) is 39.7. The van der Waals surface area contributed by atoms with E-state index in [0.29, 0.717) is 16.7 Å². The highest BCUT2D eigenvalue weighted by atomic mass is 32.2. The van der Waals surface area contributed by atoms with Crippen molar-refractivity contribution in [1.29, 1.82) is 10.8 Å². The molecule has 26 N–H and O–H groups in total. The molecule has 0 bridgehead atoms. The predicted molar refractivity (Wildman–Crippen MR) is 453 cm³/mol. The van der Waals surface area contributed by atoms with Crippen LogP contribution >= 0.6 is 0 Å². The number of aliphatic carboxylic acids is 2. The van der Waals surface area contributed by atoms with Gasteiger partial charge >= 0.3 is 11.9 Å². The quantitative estimate of drug-likeness (QED) is 0.00585. The number of carbonyl (C=O) groups is 16. The van der Waals surface area contributed by atoms with Gasteiger partial charge in [0, 0.05) is 63.6 Å². The van der Waals surface area contributed by atoms with Crippen LogP contribution in [0, 0.1) is 10.8 Å². The molecule has 0 saturated carbocycles. The Balaban J connectivity index is 1.12. The molecule has 45 heteroatoms. The molecule has 0 radical (unpaired) electrons. The summed E-state index contributed by atoms with van der Waals surface area (Å²) in [7, 11) is -4.62. The first kappa shape index (κ1) is 98.6. The average Bonchev–Trinajstić information content (AvgIpc) is 0.988. The summed E-state index contributed by atoms with van der Waals surface area (Å²) in [5.41, 5.74) is 15.1. The molecule has 2 fully saturated rings. The van der Waals surface area contributed by atoms with Crippen LogP contribution in [0.25, 0.3) is 0 Å². The summed E-state index contributed by atoms with van der Waals surface area (Å²) in [4.78, 5) is 225. The number of nitrogens with one attached hydrogen (secondary N) is 19. The number of carboxylic acids is 2. The van der Waals surface area contributed by atoms with Crippen LogP contribution < -0.4 is 102 Å². The molecule has 5 aromatic rings. The number of rotatable bonds is 40. The van der Waals surface area contributed by atoms with Crippen LogP contribution in [0.2, 0.25) is 0 Å². The van der Waals surface area contributed by atoms with Gasteiger partial charge in [0.15, 0.2) is 11.9 Å². The lowest BCUT2D eigenvalue weighted by Crippen LogP contribution is -2.58. The number of hydrogen-bond acceptors (Lipinski definition) is 23. The summed E-state index contributed by atoms with van der Waals surface area (Å²) >= 11 is 0. The van der Waals surface area contributed by atoms with Gasteiger partial charge in [0.25, 0.3) is 16.0 Å². The highest BCUT2D eigenvalue weighted by molar-refractivity contribution is 7.86. The van der Waals surface area contributed by atoms with Gasteiger partial charge in [-0.25, -0.2) is 4.98 Å². The second kappa shape index (κ2) is 50.8. The van der Waals surface area contributed by atoms with E-state index in [4.69, 9.17) is 22.3 Å². The summed E-state index contributed by atoms with van der Waals surface area (Å²) in [5, 5.41) is 79.5. The Morgan fingerprint density at radius 2 is 0.881 bits per heavy atom. The fourth-order valence-corrected chi connectivity index (χ4v) is 13.7. The number of unbranched alkanes of at least 4 members (excludes halogenated alkanes) is 2. The Hall–Kier alpha value is -14.5. The van der Waals surface area contributed by atoms with Crippen LogP contribution in [-0.4, -0.2) is 241 Å². The summed E-state index contributed by atoms with van der Waals surface area (Å²) in [6.45, 7) is -1.76. The van der Waals surface area contributed by atoms with Crippen LogP contribution in [0.15, 0.2) is 144 Å². The van der Waals surface area contributed by atoms with E-state index in [0.717, 1.165) is 12.4 Å². The van der Waals surface area contributed by atoms with Crippen LogP contribution in [0.4, 0.5) is 5.82 Å². The Bertz CT molecular complexity index is 4830. The molecule has 14 amide bonds. The minimum absolute atomic E-state index is 0.00335. The molecule has 7 rings (SSSR count). The van der Waals surface area contributed by atoms with E-state index < -0.39 is 215 Å². The SMILES string of the molecule is N=C(N)NCCC[C@@H]1NC(=O)[C@H](CCCCNC(=O)CCC(NC(=O)[C@H](Cc2ccccc2)NC(=O)c2ccc(N/N=C/c3ccccc3S(=O)(=O)O)nc2)C(=O)NCCCC[C@@H]2NC(=O)[C@@H](Cc3ccccc3)NC(=O)[C@H](CC(=O)O)NC(=O)CNC(=O)[C@H](CCCNC(=N)N)NC2=O)NC(=O)[C@@H](Cc2ccccc2)NC(=O)[C@H](CC(=O)O)NC(=O)CNC1=O. The molecule has 0 spiro atoms. The van der Waals surface area contributed by atoms with Crippen molar-refractivity contribution >= 4 is 129 Å². The number of carboxylic acid groups (broad SMARTS) is 2. The zero-order chi connectivity index (χ0) is 91.7. The highest BCUT2D eigenvalue weighted by Crippen LogP contribution is 2.17. The predicted octanol–water partition coefficient (Wildman–Crippen LogP) is -3.95. The van der Waals surface area contributed by atoms with Gasteiger partial charge in [-0.15, -0.1) is 0 Å². The molecule has 2 saturated heterocycles. The first-order valence-corrected chi connectivity index (χ1v) is 41.8. The topological polar surface area (TPSA) is 697 Å². The second-order valence-electron chi connectivity index (χ2n) is 29.3. The van der Waals surface area contributed by atoms with E-state index in [2.05, 4.69) is 101 Å². The van der Waals surface area contributed by atoms with Gasteiger partial charge in [-0.2, -0.15) is 13.5 Å². The van der Waals surface area contributed by atoms with Crippen molar-refractivity contribution in [2.24, 2.45) is 16.6 Å². The van der Waals surface area contributed by atoms with Crippen LogP contribution in [0.5, 0.6) is 0 Å². The smallest absolute Gasteiger partial charge is 0.305 e. The second-order valence-corrected chi connectivity index (χ2v) is 30.7. The van der Waals surface area contributed by atoms with Crippen molar-refractivity contribution in [2.75, 3.05) is 44.7 Å². The van der Waals surface area contributed by atoms with E-state index in [-0.39, 0.29) is 133 Å². The number of carbonyl (C=O) groups excluding carboxylic acids is 14. The fourth-order valence-electron chi connectivity index (χ4n) is 13.0. The number of benzene rings is 4. The van der Waals surface area contributed by atoms with Gasteiger partial charge in [0.2, 0.25) is 76.8 Å². The van der Waals surface area contributed by atoms with Crippen molar-refractivity contribution in [3.05, 3.63) is 161 Å². The first-order valence-electron chi connectivity index (χ1n) is 40.3. The van der Waals surface area contributed by atoms with Crippen molar-refractivity contribution in [1.82, 2.24) is 90.1 Å². The molecular weight excluding hydrogens is 1660 g/mol. The third-order valence-electron chi connectivity index (χ3n) is 19.5. The number of aromatic nitrogens is 1. The fraction of sp³-hybridized carbons (Fsp3) is 0.407. The summed E-state index contributed by atoms with van der Waals surface area (Å²) < 4.78 is 33.6. The number of amides is 14. The van der Waals surface area contributed by atoms with Crippen molar-refractivity contribution in [3.63, 3.8) is 0 Å². The minimum Gasteiger partial charge on any atom is -0.481 e. The number of nitrogens with two attached hydrogens (primary N) is 2. The van der Waals surface area contributed by atoms with Crippen molar-refractivity contribution in [3.8, 4) is 0 Å². The maximum absolute atomic E-state index is 14.8. The summed E-state index contributed by atoms with van der Waals surface area (Å²) in [6.07, 6.45) is -1.27. The number of pyridine rings is 1. The molecule has 126 heavy (non-hydrogen) atoms. The van der Waals surface area contributed by atoms with Gasteiger partial charge in [-0.3, -0.25) is 97.5 Å². The van der Waals surface area contributed by atoms with Gasteiger partial charge < -0.3 is 107 Å². The molecule has 1 aromatic heterocycles. The van der Waals surface area contributed by atoms with Crippen LogP contribution in [0.1, 0.15) is 123 Å². The van der Waals surface area contributed by atoms with E-state index in [1.165, 1.54) is 36.4 Å². The lowest BCUT2D eigenvalue weighted by molar-refractivity contribution is -0.141. The Labute approximate surface area is 723 Å². The number of hydrogen-bond donors (Lipinski definition) is 24. The van der Waals surface area contributed by atoms with Crippen molar-refractivity contribution in [2.45, 2.75) is 174 Å². The zero-order valence-electron chi connectivity index (χ0n) is 68.5. The number of anilines is 1. The normalized spacial score (nSPS) is 19.3. The molecule has 2 aliphatic rings. The third kappa shape index (κ3) is 35.1. The van der Waals surface area contributed by atoms with Crippen LogP contribution in [-0.2, 0) is 101 Å². The van der Waals surface area contributed by atoms with E-state index in [1.54, 1.807) is 91.0 Å². The minimum atomic E-state index is -4.62. The first-order chi connectivity index (χ1) is 60.2. The van der Waals surface area contributed by atoms with Gasteiger partial charge in [-0.05, 0) is 106 Å². The maximum Gasteiger partial charge on any atom is 0.305 e. The molecule has 0 aliphatic carbocycles. The van der Waals surface area contributed by atoms with Crippen LogP contribution in [0.3, 0.4) is 0 Å². The molecule has 10 atom stereocenters. The van der Waals surface area contributed by atoms with Gasteiger partial charge in [0.1, 0.15) is 71.1 Å². The third-order valence-corrected chi connectivity index (χ3v) is 20.4. The van der Waals surface area contributed by atoms with Gasteiger partial charge in [-0.1, -0.05) is 109 Å². The summed E-state index contributed by atoms with van der Waals surface area (Å²) in [5.74, 6) is -16.6. The largest absolute Gasteiger partial charge is 0.481 e. The maximum atomic E-state index is 14.8. The number of hydrazone groups is 1. The molecule has 3 heterocycles. The highest BCUT2D eigenvalue weighted by Gasteiger charge is 2.37. The van der Waals surface area contributed by atoms with E-state index >= 15 is 0 Å². The lowest BCUT2D eigenvalue weighted by Gasteiger charge is -2.26. The molecule has 1 unspecified atom stereocenters. The van der Waals surface area contributed by atoms with Crippen molar-refractivity contribution < 1.29 is 99.9 Å². The van der Waals surface area contributed by atoms with Gasteiger partial charge in [0.05, 0.1) is 37.7 Å². The lowest BCUT2D eigenvalue weighted by atomic mass is 10.0. The summed E-state index contributed by atoms with van der Waals surface area (Å²) in [6, 6.07) is 17.8. The molecule has 4 aromatic carbocycles. The number of nitrogens with zero attached hydrogens (tertiary/aromatic N) is 2. The zero-order valence-corrected chi connectivity index (χ0v) is 69.3. The molecule has 44 nitrogen and oxygen atoms in total. The Morgan fingerprint density at radius 1 is 0.468 bits per heavy atom. The molecule has 676 valence electrons. The Morgan fingerprint density at radius 3 is 1.33 bits per heavy atom. The number of guanidine groups is 2. The molecule has 2 aliphatic heterocycles. The average molecular weight is 1770 g/mol. The standard InChI is InChI=1S/C81H105N23O21S/c82-80(83)88-36-16-27-52-71(114)91-45-65(106)94-60(41-67(108)109)78(121)102-58(39-48-20-6-2-7-21-48)76(119)98-54(73(116)96-52)25-12-14-34-86-64(105)33-31-56(100-75(118)57(38-47-18-4-1-5-19-47)101-69(112)51-30-32-63(90-43-51)104-93-44-50-24-10-11-29-62(50)126(123,124)125)70(113)87-35-15-13-26-55-74(117)97-53(28-17-37-89-81(84)85)72(115)92-46-66(107)95-61(42-68(110)111)79(122)103-59(77(120)99-55)40-49-22-8-3-9-23-49/h1-11,18-24,29-30,32,43-44,52-61H,12-17,25-28,31,33-42,45-46H2,(H,86,105)(H,87,113)(H,90,104)(H,91,114)(H,92,115)(H,94,106)(H,95,107)(H,96,116)(H,97,117)(H,98,119)(H,99,120)(H,100,118)(H,101,112)(H,102,121)(H,103,122)(H,108,109)(H,110,111)(H4,82,83,88)(H4,84,85,89)(H,123,124,125)/b93-44+/t52-,53-,54-,55-,56?,57-,58+,59+,60-,61-/m0/s1. The van der Waals surface area contributed by atoms with E-state index in [9.17, 15) is 99.9 Å².